The molecule has 0 amide bonds. The molecule has 0 atom stereocenters. The van der Waals surface area contributed by atoms with E-state index in [0.29, 0.717) is 0 Å². The van der Waals surface area contributed by atoms with Crippen LogP contribution in [-0.4, -0.2) is 43.2 Å². The van der Waals surface area contributed by atoms with Crippen LogP contribution in [0.2, 0.25) is 0 Å². The van der Waals surface area contributed by atoms with Crippen LogP contribution in [0.5, 0.6) is 0 Å². The Morgan fingerprint density at radius 2 is 0.556 bits per heavy atom. The van der Waals surface area contributed by atoms with Gasteiger partial charge in [0.25, 0.3) is 0 Å². The zero-order chi connectivity index (χ0) is 32.7. The molecule has 0 aliphatic heterocycles. The second-order valence-electron chi connectivity index (χ2n) is 13.1. The first-order valence-corrected chi connectivity index (χ1v) is 31.6. The van der Waals surface area contributed by atoms with E-state index in [1.54, 1.807) is 16.6 Å². The van der Waals surface area contributed by atoms with Crippen molar-refractivity contribution in [1.82, 2.24) is 0 Å². The van der Waals surface area contributed by atoms with Gasteiger partial charge >= 0.3 is 196 Å². The molecular weight excluding hydrogens is 824 g/mol. The SMILES string of the molecule is CCCCCCCCCCCCCCCCCCOC(=S)[S][Pb][S]C(=S)OCCCCCCCCCCCCCCCCCC. The van der Waals surface area contributed by atoms with Crippen LogP contribution >= 0.6 is 41.1 Å². The molecule has 2 radical (unpaired) electrons. The van der Waals surface area contributed by atoms with Gasteiger partial charge in [-0.05, 0) is 0 Å². The van der Waals surface area contributed by atoms with Crippen LogP contribution in [0.4, 0.5) is 0 Å². The van der Waals surface area contributed by atoms with Crippen LogP contribution in [-0.2, 0) is 9.47 Å². The Kier molecular flexibility index (Phi) is 42.9. The van der Waals surface area contributed by atoms with Gasteiger partial charge in [-0.1, -0.05) is 117 Å². The van der Waals surface area contributed by atoms with Crippen molar-refractivity contribution >= 4 is 71.1 Å². The molecule has 0 aromatic heterocycles. The smallest absolute Gasteiger partial charge is 0.0654 e. The van der Waals surface area contributed by atoms with Crippen molar-refractivity contribution in [2.75, 3.05) is 13.2 Å². The average Bonchev–Trinajstić information content (AvgIpc) is 3.04. The predicted octanol–water partition coefficient (Wildman–Crippen LogP) is 15.1. The summed E-state index contributed by atoms with van der Waals surface area (Å²) >= 11 is 9.81. The van der Waals surface area contributed by atoms with E-state index in [2.05, 4.69) is 13.8 Å². The van der Waals surface area contributed by atoms with Crippen molar-refractivity contribution < 1.29 is 9.47 Å². The van der Waals surface area contributed by atoms with Crippen LogP contribution < -0.4 is 0 Å². The summed E-state index contributed by atoms with van der Waals surface area (Å²) < 4.78 is 13.0. The van der Waals surface area contributed by atoms with Gasteiger partial charge in [0, 0.05) is 0 Å². The summed E-state index contributed by atoms with van der Waals surface area (Å²) in [6.07, 6.45) is 44.6. The van der Waals surface area contributed by atoms with E-state index in [4.69, 9.17) is 33.9 Å². The van der Waals surface area contributed by atoms with Crippen molar-refractivity contribution in [1.29, 1.82) is 0 Å². The fraction of sp³-hybridized carbons (Fsp3) is 0.947. The molecule has 45 heavy (non-hydrogen) atoms. The summed E-state index contributed by atoms with van der Waals surface area (Å²) in [5, 5.41) is 0. The molecule has 0 aliphatic rings. The summed E-state index contributed by atoms with van der Waals surface area (Å²) in [5.74, 6) is 0. The van der Waals surface area contributed by atoms with Gasteiger partial charge in [-0.25, -0.2) is 0 Å². The Morgan fingerprint density at radius 3 is 0.778 bits per heavy atom. The molecule has 0 spiro atoms. The third kappa shape index (κ3) is 41.5. The van der Waals surface area contributed by atoms with Crippen molar-refractivity contribution in [3.8, 4) is 0 Å². The second-order valence-corrected chi connectivity index (χ2v) is 26.8. The van der Waals surface area contributed by atoms with E-state index in [1.165, 1.54) is 193 Å². The normalized spacial score (nSPS) is 11.2. The first-order valence-electron chi connectivity index (χ1n) is 19.6. The van der Waals surface area contributed by atoms with Gasteiger partial charge in [0.1, 0.15) is 0 Å². The molecule has 2 nitrogen and oxygen atoms in total. The van der Waals surface area contributed by atoms with Crippen molar-refractivity contribution in [3.63, 3.8) is 0 Å². The van der Waals surface area contributed by atoms with E-state index in [-0.39, 0.29) is 0 Å². The molecule has 0 saturated carbocycles. The van der Waals surface area contributed by atoms with Crippen molar-refractivity contribution in [3.05, 3.63) is 0 Å². The van der Waals surface area contributed by atoms with Crippen LogP contribution in [0.3, 0.4) is 0 Å². The third-order valence-corrected chi connectivity index (χ3v) is 24.3. The number of unbranched alkanes of at least 4 members (excludes halogenated alkanes) is 30. The summed E-state index contributed by atoms with van der Waals surface area (Å²) in [6.45, 7) is 6.14. The minimum absolute atomic E-state index is 0.729. The maximum absolute atomic E-state index is 5.79. The Hall–Kier alpha value is 1.40. The molecule has 0 heterocycles. The Labute approximate surface area is 310 Å². The van der Waals surface area contributed by atoms with Crippen LogP contribution in [0.25, 0.3) is 0 Å². The molecule has 266 valence electrons. The van der Waals surface area contributed by atoms with E-state index < -0.39 is 21.2 Å². The number of rotatable bonds is 36. The quantitative estimate of drug-likeness (QED) is 0.0352. The van der Waals surface area contributed by atoms with Gasteiger partial charge in [0.2, 0.25) is 0 Å². The van der Waals surface area contributed by atoms with Gasteiger partial charge < -0.3 is 0 Å². The van der Waals surface area contributed by atoms with E-state index >= 15 is 0 Å². The Bertz CT molecular complexity index is 558. The first kappa shape index (κ1) is 46.4. The van der Waals surface area contributed by atoms with Gasteiger partial charge in [0.05, 0.1) is 0 Å². The molecule has 0 fully saturated rings. The topological polar surface area (TPSA) is 18.5 Å². The van der Waals surface area contributed by atoms with Crippen LogP contribution in [0, 0.1) is 0 Å². The minimum Gasteiger partial charge on any atom is -0.0654 e. The van der Waals surface area contributed by atoms with E-state index in [0.717, 1.165) is 34.8 Å². The Balaban J connectivity index is 3.25. The fourth-order valence-corrected chi connectivity index (χ4v) is 19.9. The van der Waals surface area contributed by atoms with Gasteiger partial charge in [0.15, 0.2) is 0 Å². The first-order chi connectivity index (χ1) is 22.2. The van der Waals surface area contributed by atoms with Gasteiger partial charge in [-0.3, -0.25) is 0 Å². The standard InChI is InChI=1S/2C19H38OS2.Pb/c2*1-2-3-4-5-6-7-8-9-10-11-12-13-14-15-16-17-18-20-19(21)22;/h2*2-18H2,1H3,(H,21,22);/q;;+2/p-2. The second kappa shape index (κ2) is 41.6. The monoisotopic (exact) mass is 898 g/mol. The van der Waals surface area contributed by atoms with Crippen molar-refractivity contribution in [2.24, 2.45) is 0 Å². The molecule has 0 aliphatic carbocycles. The fourth-order valence-electron chi connectivity index (χ4n) is 5.76. The van der Waals surface area contributed by atoms with Crippen LogP contribution in [0.15, 0.2) is 0 Å². The maximum atomic E-state index is 5.79. The molecule has 0 rings (SSSR count). The molecule has 0 aromatic carbocycles. The van der Waals surface area contributed by atoms with Gasteiger partial charge in [-0.15, -0.1) is 0 Å². The molecule has 0 unspecified atom stereocenters. The molecular formula is C38H74O2PbS4. The number of hydrogen-bond donors (Lipinski definition) is 0. The average molecular weight is 898 g/mol. The summed E-state index contributed by atoms with van der Waals surface area (Å²) in [5.41, 5.74) is 0. The molecule has 0 saturated heterocycles. The predicted molar refractivity (Wildman–Crippen MR) is 217 cm³/mol. The zero-order valence-electron chi connectivity index (χ0n) is 30.0. The third-order valence-electron chi connectivity index (χ3n) is 8.69. The van der Waals surface area contributed by atoms with E-state index in [9.17, 15) is 0 Å². The molecule has 7 heteroatoms. The zero-order valence-corrected chi connectivity index (χ0v) is 37.1. The summed E-state index contributed by atoms with van der Waals surface area (Å²) in [4.78, 5) is 0. The number of thiocarbonyl (C=S) groups is 2. The minimum atomic E-state index is -1.04. The molecule has 0 aromatic rings. The van der Waals surface area contributed by atoms with Crippen molar-refractivity contribution in [2.45, 2.75) is 219 Å². The summed E-state index contributed by atoms with van der Waals surface area (Å²) in [6, 6.07) is 0. The van der Waals surface area contributed by atoms with E-state index in [1.807, 2.05) is 0 Å². The van der Waals surface area contributed by atoms with Crippen LogP contribution in [0.1, 0.15) is 219 Å². The number of hydrogen-bond acceptors (Lipinski definition) is 6. The van der Waals surface area contributed by atoms with Gasteiger partial charge in [-0.2, -0.15) is 0 Å². The molecule has 0 bridgehead atoms. The summed E-state index contributed by atoms with van der Waals surface area (Å²) in [7, 11) is 3.52. The Morgan fingerprint density at radius 1 is 0.356 bits per heavy atom. The number of ether oxygens (including phenoxy) is 2. The molecule has 0 N–H and O–H groups in total.